The maximum atomic E-state index is 12.0. The second kappa shape index (κ2) is 8.98. The topological polar surface area (TPSA) is 51.2 Å². The maximum absolute atomic E-state index is 12.0. The molecule has 0 aliphatic carbocycles. The van der Waals surface area contributed by atoms with E-state index in [1.807, 2.05) is 0 Å². The number of hydrogen-bond acceptors (Lipinski definition) is 3. The fourth-order valence-corrected chi connectivity index (χ4v) is 2.91. The molecule has 0 heterocycles. The molecule has 0 radical (unpaired) electrons. The number of sulfone groups is 1. The number of Topliss-reactive ketones (excluding diaryl/α,β-unsaturated/α-hetero) is 1. The molecule has 1 rings (SSSR count). The lowest BCUT2D eigenvalue weighted by molar-refractivity contribution is 0.0979. The van der Waals surface area contributed by atoms with Gasteiger partial charge in [-0.25, -0.2) is 8.42 Å². The Morgan fingerprint density at radius 1 is 0.905 bits per heavy atom. The van der Waals surface area contributed by atoms with E-state index in [0.717, 1.165) is 12.8 Å². The van der Waals surface area contributed by atoms with Crippen molar-refractivity contribution in [1.82, 2.24) is 0 Å². The highest BCUT2D eigenvalue weighted by molar-refractivity contribution is 7.90. The minimum absolute atomic E-state index is 0.101. The van der Waals surface area contributed by atoms with Crippen LogP contribution in [0.15, 0.2) is 29.2 Å². The van der Waals surface area contributed by atoms with Crippen LogP contribution >= 0.6 is 0 Å². The van der Waals surface area contributed by atoms with Crippen molar-refractivity contribution in [1.29, 1.82) is 0 Å². The number of carbonyl (C=O) groups excluding carboxylic acids is 1. The average Bonchev–Trinajstić information content (AvgIpc) is 2.45. The van der Waals surface area contributed by atoms with Gasteiger partial charge in [0.15, 0.2) is 15.6 Å². The van der Waals surface area contributed by atoms with Crippen molar-refractivity contribution in [3.63, 3.8) is 0 Å². The van der Waals surface area contributed by atoms with E-state index in [9.17, 15) is 13.2 Å². The molecule has 21 heavy (non-hydrogen) atoms. The van der Waals surface area contributed by atoms with Gasteiger partial charge < -0.3 is 0 Å². The summed E-state index contributed by atoms with van der Waals surface area (Å²) in [5.74, 6) is 0.101. The summed E-state index contributed by atoms with van der Waals surface area (Å²) < 4.78 is 22.7. The Balaban J connectivity index is 2.32. The first-order chi connectivity index (χ1) is 9.95. The van der Waals surface area contributed by atoms with E-state index in [-0.39, 0.29) is 10.7 Å². The molecule has 1 aromatic carbocycles. The van der Waals surface area contributed by atoms with Crippen molar-refractivity contribution < 1.29 is 13.2 Å². The third-order valence-corrected chi connectivity index (χ3v) is 4.74. The van der Waals surface area contributed by atoms with Gasteiger partial charge in [0.05, 0.1) is 4.90 Å². The van der Waals surface area contributed by atoms with Crippen LogP contribution in [0, 0.1) is 0 Å². The second-order valence-corrected chi connectivity index (χ2v) is 7.61. The summed E-state index contributed by atoms with van der Waals surface area (Å²) in [6.45, 7) is 2.20. The molecular weight excluding hydrogens is 284 g/mol. The van der Waals surface area contributed by atoms with E-state index >= 15 is 0 Å². The van der Waals surface area contributed by atoms with Crippen molar-refractivity contribution in [2.24, 2.45) is 0 Å². The molecule has 4 heteroatoms. The summed E-state index contributed by atoms with van der Waals surface area (Å²) in [5.41, 5.74) is 0.605. The zero-order chi connectivity index (χ0) is 15.7. The second-order valence-electron chi connectivity index (χ2n) is 5.59. The molecule has 1 aromatic rings. The molecule has 0 atom stereocenters. The molecule has 0 amide bonds. The number of ketones is 1. The number of hydrogen-bond donors (Lipinski definition) is 0. The van der Waals surface area contributed by atoms with Crippen LogP contribution in [0.5, 0.6) is 0 Å². The lowest BCUT2D eigenvalue weighted by Crippen LogP contribution is -2.01. The summed E-state index contributed by atoms with van der Waals surface area (Å²) in [5, 5.41) is 0. The maximum Gasteiger partial charge on any atom is 0.175 e. The molecule has 0 bridgehead atoms. The Labute approximate surface area is 128 Å². The van der Waals surface area contributed by atoms with Gasteiger partial charge >= 0.3 is 0 Å². The first kappa shape index (κ1) is 17.9. The molecule has 0 fully saturated rings. The number of unbranched alkanes of at least 4 members (excludes halogenated alkanes) is 6. The van der Waals surface area contributed by atoms with Gasteiger partial charge in [0.2, 0.25) is 0 Å². The first-order valence-corrected chi connectivity index (χ1v) is 9.67. The van der Waals surface area contributed by atoms with Crippen LogP contribution in [0.25, 0.3) is 0 Å². The zero-order valence-electron chi connectivity index (χ0n) is 13.1. The third kappa shape index (κ3) is 6.89. The van der Waals surface area contributed by atoms with Crippen molar-refractivity contribution in [3.05, 3.63) is 29.8 Å². The lowest BCUT2D eigenvalue weighted by Gasteiger charge is -2.03. The normalized spacial score (nSPS) is 11.5. The largest absolute Gasteiger partial charge is 0.294 e. The van der Waals surface area contributed by atoms with Crippen LogP contribution < -0.4 is 0 Å². The van der Waals surface area contributed by atoms with Crippen LogP contribution in [0.2, 0.25) is 0 Å². The van der Waals surface area contributed by atoms with Gasteiger partial charge in [-0.15, -0.1) is 0 Å². The highest BCUT2D eigenvalue weighted by Crippen LogP contribution is 2.14. The van der Waals surface area contributed by atoms with Crippen LogP contribution in [0.3, 0.4) is 0 Å². The van der Waals surface area contributed by atoms with Crippen LogP contribution in [-0.2, 0) is 9.84 Å². The summed E-state index contributed by atoms with van der Waals surface area (Å²) in [6, 6.07) is 6.24. The Bertz CT molecular complexity index is 530. The lowest BCUT2D eigenvalue weighted by atomic mass is 10.0. The SMILES string of the molecule is CCCCCCCCCC(=O)c1ccc(S(C)(=O)=O)cc1. The van der Waals surface area contributed by atoms with E-state index in [4.69, 9.17) is 0 Å². The standard InChI is InChI=1S/C17H26O3S/c1-3-4-5-6-7-8-9-10-17(18)15-11-13-16(14-12-15)21(2,19)20/h11-14H,3-10H2,1-2H3. The fourth-order valence-electron chi connectivity index (χ4n) is 2.28. The van der Waals surface area contributed by atoms with E-state index in [2.05, 4.69) is 6.92 Å². The Kier molecular flexibility index (Phi) is 7.65. The smallest absolute Gasteiger partial charge is 0.175 e. The van der Waals surface area contributed by atoms with Gasteiger partial charge in [-0.1, -0.05) is 57.6 Å². The minimum atomic E-state index is -3.19. The quantitative estimate of drug-likeness (QED) is 0.475. The molecule has 0 N–H and O–H groups in total. The van der Waals surface area contributed by atoms with E-state index < -0.39 is 9.84 Å². The van der Waals surface area contributed by atoms with Crippen LogP contribution in [0.4, 0.5) is 0 Å². The molecule has 0 aromatic heterocycles. The van der Waals surface area contributed by atoms with Crippen molar-refractivity contribution in [3.8, 4) is 0 Å². The van der Waals surface area contributed by atoms with Crippen molar-refractivity contribution in [2.75, 3.05) is 6.26 Å². The molecule has 0 aliphatic rings. The van der Waals surface area contributed by atoms with Gasteiger partial charge in [-0.05, 0) is 18.6 Å². The zero-order valence-corrected chi connectivity index (χ0v) is 13.9. The van der Waals surface area contributed by atoms with Crippen molar-refractivity contribution in [2.45, 2.75) is 63.2 Å². The summed E-state index contributed by atoms with van der Waals surface area (Å²) in [6.07, 6.45) is 10.0. The van der Waals surface area contributed by atoms with Gasteiger partial charge in [0, 0.05) is 18.2 Å². The van der Waals surface area contributed by atoms with Crippen LogP contribution in [-0.4, -0.2) is 20.5 Å². The van der Waals surface area contributed by atoms with Gasteiger partial charge in [0.1, 0.15) is 0 Å². The molecular formula is C17H26O3S. The molecule has 3 nitrogen and oxygen atoms in total. The number of carbonyl (C=O) groups is 1. The van der Waals surface area contributed by atoms with Crippen LogP contribution in [0.1, 0.15) is 68.6 Å². The Morgan fingerprint density at radius 2 is 1.43 bits per heavy atom. The molecule has 0 saturated carbocycles. The third-order valence-electron chi connectivity index (χ3n) is 3.61. The predicted octanol–water partition coefficient (Wildman–Crippen LogP) is 4.41. The summed E-state index contributed by atoms with van der Waals surface area (Å²) in [4.78, 5) is 12.3. The number of benzene rings is 1. The molecule has 0 saturated heterocycles. The Hall–Kier alpha value is -1.16. The summed E-state index contributed by atoms with van der Waals surface area (Å²) >= 11 is 0. The Morgan fingerprint density at radius 3 is 1.95 bits per heavy atom. The van der Waals surface area contributed by atoms with Gasteiger partial charge in [-0.3, -0.25) is 4.79 Å². The summed E-state index contributed by atoms with van der Waals surface area (Å²) in [7, 11) is -3.19. The molecule has 0 unspecified atom stereocenters. The highest BCUT2D eigenvalue weighted by Gasteiger charge is 2.09. The van der Waals surface area contributed by atoms with E-state index in [0.29, 0.717) is 12.0 Å². The monoisotopic (exact) mass is 310 g/mol. The predicted molar refractivity (Wildman–Crippen MR) is 86.5 cm³/mol. The fraction of sp³-hybridized carbons (Fsp3) is 0.588. The average molecular weight is 310 g/mol. The first-order valence-electron chi connectivity index (χ1n) is 7.78. The minimum Gasteiger partial charge on any atom is -0.294 e. The van der Waals surface area contributed by atoms with E-state index in [1.54, 1.807) is 12.1 Å². The highest BCUT2D eigenvalue weighted by atomic mass is 32.2. The molecule has 0 aliphatic heterocycles. The molecule has 0 spiro atoms. The molecule has 118 valence electrons. The van der Waals surface area contributed by atoms with Crippen molar-refractivity contribution >= 4 is 15.6 Å². The van der Waals surface area contributed by atoms with E-state index in [1.165, 1.54) is 50.5 Å². The number of rotatable bonds is 10. The van der Waals surface area contributed by atoms with Gasteiger partial charge in [0.25, 0.3) is 0 Å². The van der Waals surface area contributed by atoms with Gasteiger partial charge in [-0.2, -0.15) is 0 Å².